The van der Waals surface area contributed by atoms with Gasteiger partial charge in [-0.25, -0.2) is 4.79 Å². The molecule has 0 unspecified atom stereocenters. The quantitative estimate of drug-likeness (QED) is 0.572. The molecule has 0 radical (unpaired) electrons. The van der Waals surface area contributed by atoms with Crippen LogP contribution in [0.1, 0.15) is 25.8 Å². The van der Waals surface area contributed by atoms with Gasteiger partial charge in [0.2, 0.25) is 0 Å². The van der Waals surface area contributed by atoms with Gasteiger partial charge in [0.25, 0.3) is 0 Å². The second kappa shape index (κ2) is 7.54. The van der Waals surface area contributed by atoms with E-state index < -0.39 is 0 Å². The molecule has 3 nitrogen and oxygen atoms in total. The van der Waals surface area contributed by atoms with Crippen molar-refractivity contribution >= 4 is 12.0 Å². The number of ether oxygens (including phenoxy) is 2. The van der Waals surface area contributed by atoms with Crippen LogP contribution < -0.4 is 4.74 Å². The zero-order chi connectivity index (χ0) is 13.4. The van der Waals surface area contributed by atoms with E-state index in [1.54, 1.807) is 13.2 Å². The SMILES string of the molecule is COc1ccc(/C=C\C(=O)OCCC(C)C)cc1. The van der Waals surface area contributed by atoms with Gasteiger partial charge in [-0.2, -0.15) is 0 Å². The summed E-state index contributed by atoms with van der Waals surface area (Å²) < 4.78 is 10.1. The molecule has 0 fully saturated rings. The number of hydrogen-bond acceptors (Lipinski definition) is 3. The Morgan fingerprint density at radius 1 is 1.28 bits per heavy atom. The van der Waals surface area contributed by atoms with E-state index in [1.807, 2.05) is 24.3 Å². The van der Waals surface area contributed by atoms with Gasteiger partial charge < -0.3 is 9.47 Å². The van der Waals surface area contributed by atoms with Crippen LogP contribution >= 0.6 is 0 Å². The smallest absolute Gasteiger partial charge is 0.330 e. The van der Waals surface area contributed by atoms with Crippen molar-refractivity contribution in [3.8, 4) is 5.75 Å². The predicted octanol–water partition coefficient (Wildman–Crippen LogP) is 3.30. The van der Waals surface area contributed by atoms with Gasteiger partial charge in [0, 0.05) is 6.08 Å². The summed E-state index contributed by atoms with van der Waals surface area (Å²) in [5.74, 6) is 1.04. The van der Waals surface area contributed by atoms with Gasteiger partial charge in [-0.3, -0.25) is 0 Å². The van der Waals surface area contributed by atoms with Gasteiger partial charge >= 0.3 is 5.97 Å². The van der Waals surface area contributed by atoms with Crippen molar-refractivity contribution in [3.05, 3.63) is 35.9 Å². The molecule has 18 heavy (non-hydrogen) atoms. The summed E-state index contributed by atoms with van der Waals surface area (Å²) in [5.41, 5.74) is 0.941. The Kier molecular flexibility index (Phi) is 5.98. The Hall–Kier alpha value is -1.77. The summed E-state index contributed by atoms with van der Waals surface area (Å²) in [7, 11) is 1.62. The van der Waals surface area contributed by atoms with E-state index in [4.69, 9.17) is 9.47 Å². The molecule has 0 aliphatic heterocycles. The third kappa shape index (κ3) is 5.53. The molecule has 1 aromatic rings. The van der Waals surface area contributed by atoms with Crippen molar-refractivity contribution in [2.75, 3.05) is 13.7 Å². The van der Waals surface area contributed by atoms with Crippen LogP contribution in [0.25, 0.3) is 6.08 Å². The first-order chi connectivity index (χ1) is 8.61. The molecular formula is C15H20O3. The highest BCUT2D eigenvalue weighted by molar-refractivity contribution is 5.87. The predicted molar refractivity (Wildman–Crippen MR) is 72.4 cm³/mol. The molecule has 0 spiro atoms. The van der Waals surface area contributed by atoms with Crippen LogP contribution in [-0.2, 0) is 9.53 Å². The maximum atomic E-state index is 11.4. The molecule has 0 aliphatic rings. The first-order valence-corrected chi connectivity index (χ1v) is 6.10. The van der Waals surface area contributed by atoms with Crippen LogP contribution in [0.2, 0.25) is 0 Å². The number of esters is 1. The van der Waals surface area contributed by atoms with Gasteiger partial charge in [0.05, 0.1) is 13.7 Å². The Labute approximate surface area is 108 Å². The maximum Gasteiger partial charge on any atom is 0.330 e. The topological polar surface area (TPSA) is 35.5 Å². The van der Waals surface area contributed by atoms with Gasteiger partial charge in [0.15, 0.2) is 0 Å². The standard InChI is InChI=1S/C15H20O3/c1-12(2)10-11-18-15(16)9-6-13-4-7-14(17-3)8-5-13/h4-9,12H,10-11H2,1-3H3/b9-6-. The number of benzene rings is 1. The lowest BCUT2D eigenvalue weighted by atomic mass is 10.1. The zero-order valence-corrected chi connectivity index (χ0v) is 11.2. The monoisotopic (exact) mass is 248 g/mol. The molecule has 0 saturated heterocycles. The minimum Gasteiger partial charge on any atom is -0.497 e. The highest BCUT2D eigenvalue weighted by Crippen LogP contribution is 2.12. The Bertz CT molecular complexity index is 391. The van der Waals surface area contributed by atoms with Crippen molar-refractivity contribution in [1.82, 2.24) is 0 Å². The molecule has 0 aromatic heterocycles. The molecule has 0 N–H and O–H groups in total. The van der Waals surface area contributed by atoms with Crippen LogP contribution in [0.5, 0.6) is 5.75 Å². The van der Waals surface area contributed by atoms with Crippen molar-refractivity contribution in [3.63, 3.8) is 0 Å². The van der Waals surface area contributed by atoms with E-state index in [0.717, 1.165) is 17.7 Å². The molecule has 3 heteroatoms. The molecule has 0 amide bonds. The molecule has 0 aliphatic carbocycles. The van der Waals surface area contributed by atoms with Crippen LogP contribution in [0.15, 0.2) is 30.3 Å². The number of carbonyl (C=O) groups excluding carboxylic acids is 1. The van der Waals surface area contributed by atoms with Gasteiger partial charge in [-0.15, -0.1) is 0 Å². The molecule has 0 saturated carbocycles. The maximum absolute atomic E-state index is 11.4. The summed E-state index contributed by atoms with van der Waals surface area (Å²) >= 11 is 0. The summed E-state index contributed by atoms with van der Waals surface area (Å²) in [4.78, 5) is 11.4. The molecular weight excluding hydrogens is 228 g/mol. The zero-order valence-electron chi connectivity index (χ0n) is 11.2. The fourth-order valence-electron chi connectivity index (χ4n) is 1.32. The Balaban J connectivity index is 2.40. The lowest BCUT2D eigenvalue weighted by Gasteiger charge is -2.04. The number of hydrogen-bond donors (Lipinski definition) is 0. The van der Waals surface area contributed by atoms with Crippen LogP contribution in [0, 0.1) is 5.92 Å². The van der Waals surface area contributed by atoms with Gasteiger partial charge in [-0.1, -0.05) is 26.0 Å². The van der Waals surface area contributed by atoms with Crippen LogP contribution in [0.4, 0.5) is 0 Å². The number of rotatable bonds is 6. The average molecular weight is 248 g/mol. The van der Waals surface area contributed by atoms with Gasteiger partial charge in [-0.05, 0) is 36.1 Å². The highest BCUT2D eigenvalue weighted by atomic mass is 16.5. The van der Waals surface area contributed by atoms with Crippen molar-refractivity contribution in [2.24, 2.45) is 5.92 Å². The fraction of sp³-hybridized carbons (Fsp3) is 0.400. The van der Waals surface area contributed by atoms with Crippen molar-refractivity contribution in [1.29, 1.82) is 0 Å². The van der Waals surface area contributed by atoms with E-state index in [-0.39, 0.29) is 5.97 Å². The normalized spacial score (nSPS) is 10.9. The number of methoxy groups -OCH3 is 1. The second-order valence-electron chi connectivity index (χ2n) is 4.46. The number of carbonyl (C=O) groups is 1. The lowest BCUT2D eigenvalue weighted by molar-refractivity contribution is -0.137. The molecule has 0 atom stereocenters. The van der Waals surface area contributed by atoms with Crippen LogP contribution in [-0.4, -0.2) is 19.7 Å². The summed E-state index contributed by atoms with van der Waals surface area (Å²) in [5, 5.41) is 0. The van der Waals surface area contributed by atoms with E-state index in [1.165, 1.54) is 6.08 Å². The molecule has 98 valence electrons. The Morgan fingerprint density at radius 2 is 1.94 bits per heavy atom. The molecule has 1 rings (SSSR count). The van der Waals surface area contributed by atoms with Gasteiger partial charge in [0.1, 0.15) is 5.75 Å². The first-order valence-electron chi connectivity index (χ1n) is 6.10. The third-order valence-corrected chi connectivity index (χ3v) is 2.47. The lowest BCUT2D eigenvalue weighted by Crippen LogP contribution is -2.04. The first kappa shape index (κ1) is 14.3. The fourth-order valence-corrected chi connectivity index (χ4v) is 1.32. The van der Waals surface area contributed by atoms with E-state index in [2.05, 4.69) is 13.8 Å². The Morgan fingerprint density at radius 3 is 2.50 bits per heavy atom. The van der Waals surface area contributed by atoms with Crippen molar-refractivity contribution in [2.45, 2.75) is 20.3 Å². The minimum absolute atomic E-state index is 0.300. The second-order valence-corrected chi connectivity index (χ2v) is 4.46. The third-order valence-electron chi connectivity index (χ3n) is 2.47. The molecule has 0 bridgehead atoms. The average Bonchev–Trinajstić information content (AvgIpc) is 2.36. The minimum atomic E-state index is -0.300. The van der Waals surface area contributed by atoms with E-state index in [9.17, 15) is 4.79 Å². The molecule has 1 aromatic carbocycles. The van der Waals surface area contributed by atoms with Crippen LogP contribution in [0.3, 0.4) is 0 Å². The van der Waals surface area contributed by atoms with Crippen molar-refractivity contribution < 1.29 is 14.3 Å². The molecule has 0 heterocycles. The largest absolute Gasteiger partial charge is 0.497 e. The van der Waals surface area contributed by atoms with E-state index in [0.29, 0.717) is 12.5 Å². The summed E-state index contributed by atoms with van der Waals surface area (Å²) in [6.45, 7) is 4.67. The highest BCUT2D eigenvalue weighted by Gasteiger charge is 1.99. The van der Waals surface area contributed by atoms with E-state index >= 15 is 0 Å². The summed E-state index contributed by atoms with van der Waals surface area (Å²) in [6, 6.07) is 7.47. The summed E-state index contributed by atoms with van der Waals surface area (Å²) in [6.07, 6.45) is 4.07.